The maximum atomic E-state index is 10.5. The van der Waals surface area contributed by atoms with Crippen molar-refractivity contribution < 1.29 is 19.8 Å². The molecular formula is C7H11NO4. The maximum Gasteiger partial charge on any atom is 0.321 e. The van der Waals surface area contributed by atoms with Crippen LogP contribution in [0.1, 0.15) is 19.3 Å². The first kappa shape index (κ1) is 8.99. The minimum absolute atomic E-state index is 0.213. The van der Waals surface area contributed by atoms with E-state index in [0.29, 0.717) is 0 Å². The Bertz CT molecular complexity index is 200. The van der Waals surface area contributed by atoms with E-state index < -0.39 is 18.0 Å². The molecule has 1 rings (SSSR count). The minimum atomic E-state index is -1.09. The Balaban J connectivity index is 2.36. The molecule has 0 unspecified atom stereocenters. The average molecular weight is 173 g/mol. The van der Waals surface area contributed by atoms with E-state index in [1.165, 1.54) is 0 Å². The van der Waals surface area contributed by atoms with E-state index in [1.807, 2.05) is 0 Å². The minimum Gasteiger partial charge on any atom is -0.481 e. The summed E-state index contributed by atoms with van der Waals surface area (Å²) in [6, 6.07) is -0.722. The first-order chi connectivity index (χ1) is 5.59. The summed E-state index contributed by atoms with van der Waals surface area (Å²) in [6.45, 7) is 0. The van der Waals surface area contributed by atoms with E-state index >= 15 is 0 Å². The highest BCUT2D eigenvalue weighted by molar-refractivity contribution is 5.80. The first-order valence-corrected chi connectivity index (χ1v) is 3.80. The number of carboxylic acid groups (broad SMARTS) is 2. The Hall–Kier alpha value is -1.10. The van der Waals surface area contributed by atoms with E-state index in [0.717, 1.165) is 12.8 Å². The molecule has 0 aromatic rings. The SMILES string of the molecule is O=C(O)C[C@H](NC1CC1)C(=O)O. The van der Waals surface area contributed by atoms with E-state index in [1.54, 1.807) is 0 Å². The molecule has 68 valence electrons. The summed E-state index contributed by atoms with van der Waals surface area (Å²) in [5.74, 6) is -2.18. The molecule has 5 heteroatoms. The Kier molecular flexibility index (Phi) is 2.65. The number of hydrogen-bond acceptors (Lipinski definition) is 3. The van der Waals surface area contributed by atoms with E-state index in [2.05, 4.69) is 5.32 Å². The highest BCUT2D eigenvalue weighted by atomic mass is 16.4. The summed E-state index contributed by atoms with van der Waals surface area (Å²) in [6.07, 6.45) is 1.54. The van der Waals surface area contributed by atoms with Gasteiger partial charge < -0.3 is 15.5 Å². The van der Waals surface area contributed by atoms with Gasteiger partial charge in [0.2, 0.25) is 0 Å². The molecule has 0 saturated heterocycles. The van der Waals surface area contributed by atoms with E-state index in [9.17, 15) is 9.59 Å². The molecule has 0 aromatic heterocycles. The van der Waals surface area contributed by atoms with Gasteiger partial charge in [-0.05, 0) is 12.8 Å². The molecule has 0 bridgehead atoms. The van der Waals surface area contributed by atoms with Crippen LogP contribution < -0.4 is 5.32 Å². The van der Waals surface area contributed by atoms with Crippen LogP contribution in [-0.4, -0.2) is 34.2 Å². The fourth-order valence-corrected chi connectivity index (χ4v) is 0.927. The van der Waals surface area contributed by atoms with Crippen molar-refractivity contribution in [3.05, 3.63) is 0 Å². The normalized spacial score (nSPS) is 18.7. The van der Waals surface area contributed by atoms with Crippen molar-refractivity contribution in [2.24, 2.45) is 0 Å². The largest absolute Gasteiger partial charge is 0.481 e. The highest BCUT2D eigenvalue weighted by Gasteiger charge is 2.29. The smallest absolute Gasteiger partial charge is 0.321 e. The lowest BCUT2D eigenvalue weighted by Crippen LogP contribution is -2.39. The van der Waals surface area contributed by atoms with Crippen LogP contribution >= 0.6 is 0 Å². The number of aliphatic carboxylic acids is 2. The van der Waals surface area contributed by atoms with Crippen molar-refractivity contribution >= 4 is 11.9 Å². The topological polar surface area (TPSA) is 86.6 Å². The number of carbonyl (C=O) groups is 2. The molecule has 3 N–H and O–H groups in total. The van der Waals surface area contributed by atoms with Crippen LogP contribution in [0.25, 0.3) is 0 Å². The molecule has 0 heterocycles. The average Bonchev–Trinajstić information content (AvgIpc) is 2.68. The summed E-state index contributed by atoms with van der Waals surface area (Å²) < 4.78 is 0. The molecule has 0 spiro atoms. The monoisotopic (exact) mass is 173 g/mol. The van der Waals surface area contributed by atoms with Gasteiger partial charge in [0.15, 0.2) is 0 Å². The van der Waals surface area contributed by atoms with Crippen molar-refractivity contribution in [3.8, 4) is 0 Å². The van der Waals surface area contributed by atoms with Gasteiger partial charge in [-0.15, -0.1) is 0 Å². The standard InChI is InChI=1S/C7H11NO4/c9-6(10)3-5(7(11)12)8-4-1-2-4/h4-5,8H,1-3H2,(H,9,10)(H,11,12)/t5-/m0/s1. The summed E-state index contributed by atoms with van der Waals surface area (Å²) in [4.78, 5) is 20.7. The third-order valence-electron chi connectivity index (χ3n) is 1.69. The van der Waals surface area contributed by atoms with Crippen molar-refractivity contribution in [2.45, 2.75) is 31.3 Å². The molecule has 0 radical (unpaired) electrons. The quantitative estimate of drug-likeness (QED) is 0.529. The third kappa shape index (κ3) is 2.87. The predicted octanol–water partition coefficient (Wildman–Crippen LogP) is -0.334. The van der Waals surface area contributed by atoms with Crippen LogP contribution in [-0.2, 0) is 9.59 Å². The fourth-order valence-electron chi connectivity index (χ4n) is 0.927. The Morgan fingerprint density at radius 2 is 2.00 bits per heavy atom. The number of rotatable bonds is 5. The van der Waals surface area contributed by atoms with Gasteiger partial charge in [-0.2, -0.15) is 0 Å². The van der Waals surface area contributed by atoms with Gasteiger partial charge in [0.1, 0.15) is 6.04 Å². The summed E-state index contributed by atoms with van der Waals surface area (Å²) in [5.41, 5.74) is 0. The molecule has 0 aromatic carbocycles. The summed E-state index contributed by atoms with van der Waals surface area (Å²) in [5, 5.41) is 19.7. The number of carboxylic acids is 2. The molecule has 1 fully saturated rings. The fraction of sp³-hybridized carbons (Fsp3) is 0.714. The van der Waals surface area contributed by atoms with Gasteiger partial charge in [-0.25, -0.2) is 0 Å². The van der Waals surface area contributed by atoms with Crippen molar-refractivity contribution in [1.29, 1.82) is 0 Å². The van der Waals surface area contributed by atoms with Crippen LogP contribution in [0.5, 0.6) is 0 Å². The third-order valence-corrected chi connectivity index (χ3v) is 1.69. The number of hydrogen-bond donors (Lipinski definition) is 3. The highest BCUT2D eigenvalue weighted by Crippen LogP contribution is 2.19. The van der Waals surface area contributed by atoms with Gasteiger partial charge in [-0.3, -0.25) is 9.59 Å². The van der Waals surface area contributed by atoms with Crippen molar-refractivity contribution in [1.82, 2.24) is 5.32 Å². The second-order valence-electron chi connectivity index (χ2n) is 2.93. The molecule has 1 atom stereocenters. The zero-order chi connectivity index (χ0) is 9.14. The van der Waals surface area contributed by atoms with E-state index in [4.69, 9.17) is 10.2 Å². The molecule has 12 heavy (non-hydrogen) atoms. The van der Waals surface area contributed by atoms with Gasteiger partial charge in [0.05, 0.1) is 6.42 Å². The molecule has 0 amide bonds. The first-order valence-electron chi connectivity index (χ1n) is 3.80. The molecular weight excluding hydrogens is 162 g/mol. The van der Waals surface area contributed by atoms with Gasteiger partial charge in [-0.1, -0.05) is 0 Å². The van der Waals surface area contributed by atoms with Gasteiger partial charge >= 0.3 is 11.9 Å². The summed E-state index contributed by atoms with van der Waals surface area (Å²) >= 11 is 0. The number of nitrogens with one attached hydrogen (secondary N) is 1. The Labute approximate surface area is 69.4 Å². The molecule has 1 aliphatic rings. The zero-order valence-corrected chi connectivity index (χ0v) is 6.49. The van der Waals surface area contributed by atoms with Crippen LogP contribution in [0.15, 0.2) is 0 Å². The van der Waals surface area contributed by atoms with Crippen LogP contribution in [0.3, 0.4) is 0 Å². The molecule has 1 aliphatic carbocycles. The summed E-state index contributed by atoms with van der Waals surface area (Å²) in [7, 11) is 0. The lowest BCUT2D eigenvalue weighted by Gasteiger charge is -2.10. The van der Waals surface area contributed by atoms with Crippen molar-refractivity contribution in [3.63, 3.8) is 0 Å². The maximum absolute atomic E-state index is 10.5. The van der Waals surface area contributed by atoms with Crippen LogP contribution in [0.4, 0.5) is 0 Å². The molecule has 0 aliphatic heterocycles. The van der Waals surface area contributed by atoms with Crippen LogP contribution in [0.2, 0.25) is 0 Å². The zero-order valence-electron chi connectivity index (χ0n) is 6.49. The predicted molar refractivity (Wildman–Crippen MR) is 39.8 cm³/mol. The van der Waals surface area contributed by atoms with Crippen LogP contribution in [0, 0.1) is 0 Å². The van der Waals surface area contributed by atoms with Crippen molar-refractivity contribution in [2.75, 3.05) is 0 Å². The lowest BCUT2D eigenvalue weighted by molar-refractivity contribution is -0.146. The lowest BCUT2D eigenvalue weighted by atomic mass is 10.2. The van der Waals surface area contributed by atoms with E-state index in [-0.39, 0.29) is 12.5 Å². The molecule has 1 saturated carbocycles. The Morgan fingerprint density at radius 3 is 2.33 bits per heavy atom. The second kappa shape index (κ2) is 3.53. The molecule has 5 nitrogen and oxygen atoms in total. The Morgan fingerprint density at radius 1 is 1.42 bits per heavy atom. The van der Waals surface area contributed by atoms with Gasteiger partial charge in [0, 0.05) is 6.04 Å². The van der Waals surface area contributed by atoms with Gasteiger partial charge in [0.25, 0.3) is 0 Å². The second-order valence-corrected chi connectivity index (χ2v) is 2.93.